The van der Waals surface area contributed by atoms with Gasteiger partial charge in [0.25, 0.3) is 0 Å². The fraction of sp³-hybridized carbons (Fsp3) is 0.562. The van der Waals surface area contributed by atoms with Crippen molar-refractivity contribution in [2.75, 3.05) is 39.3 Å². The molecule has 0 saturated carbocycles. The van der Waals surface area contributed by atoms with Gasteiger partial charge in [-0.05, 0) is 30.7 Å². The highest BCUT2D eigenvalue weighted by Gasteiger charge is 2.29. The Hall–Kier alpha value is -1.01. The molecule has 5 nitrogen and oxygen atoms in total. The van der Waals surface area contributed by atoms with Crippen LogP contribution in [0.5, 0.6) is 5.75 Å². The Kier molecular flexibility index (Phi) is 8.12. The van der Waals surface area contributed by atoms with Gasteiger partial charge in [0, 0.05) is 39.3 Å². The molecule has 0 spiro atoms. The molecule has 2 saturated heterocycles. The number of nitrogens with one attached hydrogen (secondary N) is 1. The maximum atomic E-state index is 12.3. The summed E-state index contributed by atoms with van der Waals surface area (Å²) in [6.45, 7) is 6.07. The highest BCUT2D eigenvalue weighted by atomic mass is 35.5. The third kappa shape index (κ3) is 5.24. The van der Waals surface area contributed by atoms with Gasteiger partial charge in [-0.3, -0.25) is 9.69 Å². The second-order valence-electron chi connectivity index (χ2n) is 5.96. The van der Waals surface area contributed by atoms with Crippen molar-refractivity contribution < 1.29 is 9.90 Å². The SMILES string of the molecule is Cl.Cl.O=C(C1CCNC1)N1CCN(Cc2cccc(O)c2)CC1. The Labute approximate surface area is 149 Å². The summed E-state index contributed by atoms with van der Waals surface area (Å²) in [5.41, 5.74) is 1.12. The zero-order valence-electron chi connectivity index (χ0n) is 13.1. The van der Waals surface area contributed by atoms with Crippen molar-refractivity contribution in [2.24, 2.45) is 5.92 Å². The van der Waals surface area contributed by atoms with Crippen LogP contribution in [0.15, 0.2) is 24.3 Å². The van der Waals surface area contributed by atoms with Gasteiger partial charge in [-0.25, -0.2) is 0 Å². The molecule has 7 heteroatoms. The lowest BCUT2D eigenvalue weighted by Gasteiger charge is -2.36. The Balaban J connectivity index is 0.00000132. The summed E-state index contributed by atoms with van der Waals surface area (Å²) < 4.78 is 0. The molecule has 3 rings (SSSR count). The molecule has 2 N–H and O–H groups in total. The molecular formula is C16H25Cl2N3O2. The fourth-order valence-electron chi connectivity index (χ4n) is 3.16. The van der Waals surface area contributed by atoms with Crippen molar-refractivity contribution in [3.63, 3.8) is 0 Å². The lowest BCUT2D eigenvalue weighted by Crippen LogP contribution is -2.50. The number of rotatable bonds is 3. The highest BCUT2D eigenvalue weighted by molar-refractivity contribution is 5.85. The number of carbonyl (C=O) groups excluding carboxylic acids is 1. The number of carbonyl (C=O) groups is 1. The second kappa shape index (κ2) is 9.33. The van der Waals surface area contributed by atoms with Crippen LogP contribution in [0, 0.1) is 5.92 Å². The molecule has 0 bridgehead atoms. The van der Waals surface area contributed by atoms with Gasteiger partial charge >= 0.3 is 0 Å². The van der Waals surface area contributed by atoms with E-state index in [-0.39, 0.29) is 30.7 Å². The average Bonchev–Trinajstić information content (AvgIpc) is 3.01. The van der Waals surface area contributed by atoms with E-state index < -0.39 is 0 Å². The molecule has 1 atom stereocenters. The van der Waals surface area contributed by atoms with Crippen LogP contribution in [0.1, 0.15) is 12.0 Å². The van der Waals surface area contributed by atoms with Gasteiger partial charge in [-0.15, -0.1) is 24.8 Å². The van der Waals surface area contributed by atoms with E-state index in [0.29, 0.717) is 11.7 Å². The molecule has 0 aromatic heterocycles. The van der Waals surface area contributed by atoms with Gasteiger partial charge < -0.3 is 15.3 Å². The minimum Gasteiger partial charge on any atom is -0.508 e. The molecule has 1 unspecified atom stereocenters. The number of phenols is 1. The number of phenolic OH excluding ortho intramolecular Hbond substituents is 1. The van der Waals surface area contributed by atoms with Crippen LogP contribution in [0.2, 0.25) is 0 Å². The third-order valence-corrected chi connectivity index (χ3v) is 4.41. The quantitative estimate of drug-likeness (QED) is 0.856. The number of amides is 1. The van der Waals surface area contributed by atoms with Crippen molar-refractivity contribution in [1.82, 2.24) is 15.1 Å². The highest BCUT2D eigenvalue weighted by Crippen LogP contribution is 2.16. The maximum absolute atomic E-state index is 12.3. The molecule has 2 aliphatic heterocycles. The van der Waals surface area contributed by atoms with E-state index in [1.165, 1.54) is 0 Å². The molecule has 1 aromatic rings. The normalized spacial score (nSPS) is 21.4. The number of piperazine rings is 1. The van der Waals surface area contributed by atoms with Crippen LogP contribution in [0.4, 0.5) is 0 Å². The molecule has 1 amide bonds. The largest absolute Gasteiger partial charge is 0.508 e. The summed E-state index contributed by atoms with van der Waals surface area (Å²) in [6.07, 6.45) is 0.975. The summed E-state index contributed by atoms with van der Waals surface area (Å²) in [7, 11) is 0. The average molecular weight is 362 g/mol. The number of nitrogens with zero attached hydrogens (tertiary/aromatic N) is 2. The minimum atomic E-state index is 0. The van der Waals surface area contributed by atoms with Crippen LogP contribution in [0.3, 0.4) is 0 Å². The summed E-state index contributed by atoms with van der Waals surface area (Å²) in [6, 6.07) is 7.40. The van der Waals surface area contributed by atoms with E-state index in [2.05, 4.69) is 10.2 Å². The van der Waals surface area contributed by atoms with Gasteiger partial charge in [0.2, 0.25) is 5.91 Å². The smallest absolute Gasteiger partial charge is 0.227 e. The summed E-state index contributed by atoms with van der Waals surface area (Å²) >= 11 is 0. The predicted molar refractivity (Wildman–Crippen MR) is 95.4 cm³/mol. The van der Waals surface area contributed by atoms with E-state index in [1.54, 1.807) is 6.07 Å². The summed E-state index contributed by atoms with van der Waals surface area (Å²) in [5, 5.41) is 12.8. The molecule has 23 heavy (non-hydrogen) atoms. The number of aromatic hydroxyl groups is 1. The van der Waals surface area contributed by atoms with Crippen molar-refractivity contribution >= 4 is 30.7 Å². The molecule has 0 radical (unpaired) electrons. The zero-order valence-corrected chi connectivity index (χ0v) is 14.7. The first kappa shape index (κ1) is 20.0. The first-order valence-electron chi connectivity index (χ1n) is 7.72. The molecule has 1 aromatic carbocycles. The first-order valence-corrected chi connectivity index (χ1v) is 7.72. The third-order valence-electron chi connectivity index (χ3n) is 4.41. The lowest BCUT2D eigenvalue weighted by molar-refractivity contribution is -0.136. The number of hydrogen-bond donors (Lipinski definition) is 2. The number of hydrogen-bond acceptors (Lipinski definition) is 4. The second-order valence-corrected chi connectivity index (χ2v) is 5.96. The molecule has 2 heterocycles. The topological polar surface area (TPSA) is 55.8 Å². The Morgan fingerprint density at radius 2 is 1.96 bits per heavy atom. The van der Waals surface area contributed by atoms with Gasteiger partial charge in [-0.1, -0.05) is 12.1 Å². The molecule has 0 aliphatic carbocycles. The van der Waals surface area contributed by atoms with Crippen molar-refractivity contribution in [1.29, 1.82) is 0 Å². The summed E-state index contributed by atoms with van der Waals surface area (Å²) in [4.78, 5) is 16.7. The summed E-state index contributed by atoms with van der Waals surface area (Å²) in [5.74, 6) is 0.815. The lowest BCUT2D eigenvalue weighted by atomic mass is 10.1. The monoisotopic (exact) mass is 361 g/mol. The van der Waals surface area contributed by atoms with Crippen LogP contribution in [0.25, 0.3) is 0 Å². The molecular weight excluding hydrogens is 337 g/mol. The van der Waals surface area contributed by atoms with Crippen molar-refractivity contribution in [3.05, 3.63) is 29.8 Å². The van der Waals surface area contributed by atoms with E-state index in [1.807, 2.05) is 23.1 Å². The predicted octanol–water partition coefficient (Wildman–Crippen LogP) is 1.49. The Bertz CT molecular complexity index is 502. The Morgan fingerprint density at radius 3 is 2.57 bits per heavy atom. The van der Waals surface area contributed by atoms with E-state index in [0.717, 1.165) is 57.8 Å². The number of halogens is 2. The van der Waals surface area contributed by atoms with E-state index >= 15 is 0 Å². The standard InChI is InChI=1S/C16H23N3O2.2ClH/c20-15-3-1-2-13(10-15)12-18-6-8-19(9-7-18)16(21)14-4-5-17-11-14;;/h1-3,10,14,17,20H,4-9,11-12H2;2*1H. The van der Waals surface area contributed by atoms with E-state index in [9.17, 15) is 9.90 Å². The Morgan fingerprint density at radius 1 is 1.22 bits per heavy atom. The van der Waals surface area contributed by atoms with Crippen LogP contribution < -0.4 is 5.32 Å². The number of benzene rings is 1. The van der Waals surface area contributed by atoms with Crippen molar-refractivity contribution in [2.45, 2.75) is 13.0 Å². The van der Waals surface area contributed by atoms with Gasteiger partial charge in [-0.2, -0.15) is 0 Å². The maximum Gasteiger partial charge on any atom is 0.227 e. The molecule has 130 valence electrons. The fourth-order valence-corrected chi connectivity index (χ4v) is 3.16. The van der Waals surface area contributed by atoms with Crippen LogP contribution >= 0.6 is 24.8 Å². The zero-order chi connectivity index (χ0) is 14.7. The molecule has 2 aliphatic rings. The minimum absolute atomic E-state index is 0. The van der Waals surface area contributed by atoms with Gasteiger partial charge in [0.15, 0.2) is 0 Å². The molecule has 2 fully saturated rings. The first-order chi connectivity index (χ1) is 10.2. The van der Waals surface area contributed by atoms with E-state index in [4.69, 9.17) is 0 Å². The van der Waals surface area contributed by atoms with Crippen LogP contribution in [-0.2, 0) is 11.3 Å². The van der Waals surface area contributed by atoms with Crippen LogP contribution in [-0.4, -0.2) is 60.1 Å². The van der Waals surface area contributed by atoms with Gasteiger partial charge in [0.1, 0.15) is 5.75 Å². The van der Waals surface area contributed by atoms with Crippen molar-refractivity contribution in [3.8, 4) is 5.75 Å². The van der Waals surface area contributed by atoms with Gasteiger partial charge in [0.05, 0.1) is 5.92 Å².